The van der Waals surface area contributed by atoms with Crippen LogP contribution in [-0.2, 0) is 4.79 Å². The molecule has 0 aliphatic carbocycles. The first-order chi connectivity index (χ1) is 5.11. The molecule has 5 N–H and O–H groups in total. The van der Waals surface area contributed by atoms with Crippen molar-refractivity contribution in [3.63, 3.8) is 0 Å². The molecule has 0 aromatic carbocycles. The van der Waals surface area contributed by atoms with Crippen molar-refractivity contribution in [3.8, 4) is 0 Å². The minimum Gasteiger partial charge on any atom is -0.480 e. The van der Waals surface area contributed by atoms with E-state index in [1.165, 1.54) is 11.3 Å². The number of anilines is 1. The zero-order chi connectivity index (χ0) is 8.43. The lowest BCUT2D eigenvalue weighted by atomic mass is 10.2. The summed E-state index contributed by atoms with van der Waals surface area (Å²) in [6.07, 6.45) is 0. The lowest BCUT2D eigenvalue weighted by molar-refractivity contribution is -0.138. The first kappa shape index (κ1) is 8.03. The summed E-state index contributed by atoms with van der Waals surface area (Å²) in [4.78, 5) is 10.3. The number of nitrogen functional groups attached to an aromatic ring is 1. The highest BCUT2D eigenvalue weighted by Crippen LogP contribution is 2.20. The monoisotopic (exact) mass is 172 g/mol. The zero-order valence-electron chi connectivity index (χ0n) is 5.65. The molecule has 60 valence electrons. The van der Waals surface area contributed by atoms with Gasteiger partial charge in [-0.05, 0) is 17.0 Å². The van der Waals surface area contributed by atoms with Crippen LogP contribution in [-0.4, -0.2) is 11.1 Å². The Morgan fingerprint density at radius 3 is 2.73 bits per heavy atom. The van der Waals surface area contributed by atoms with E-state index in [2.05, 4.69) is 0 Å². The highest BCUT2D eigenvalue weighted by molar-refractivity contribution is 7.14. The summed E-state index contributed by atoms with van der Waals surface area (Å²) >= 11 is 1.28. The van der Waals surface area contributed by atoms with Crippen LogP contribution in [0, 0.1) is 0 Å². The van der Waals surface area contributed by atoms with Gasteiger partial charge in [0.05, 0.1) is 5.00 Å². The van der Waals surface area contributed by atoms with Gasteiger partial charge >= 0.3 is 5.97 Å². The number of carboxylic acids is 1. The minimum absolute atomic E-state index is 0.556. The van der Waals surface area contributed by atoms with E-state index in [-0.39, 0.29) is 0 Å². The van der Waals surface area contributed by atoms with E-state index < -0.39 is 12.0 Å². The molecule has 0 aliphatic rings. The maximum atomic E-state index is 10.3. The Kier molecular flexibility index (Phi) is 2.11. The summed E-state index contributed by atoms with van der Waals surface area (Å²) < 4.78 is 0. The van der Waals surface area contributed by atoms with Crippen molar-refractivity contribution in [3.05, 3.63) is 17.0 Å². The minimum atomic E-state index is -1.04. The third kappa shape index (κ3) is 1.69. The molecule has 4 nitrogen and oxygen atoms in total. The number of thiophene rings is 1. The molecule has 1 aromatic heterocycles. The molecule has 0 spiro atoms. The van der Waals surface area contributed by atoms with E-state index in [1.807, 2.05) is 0 Å². The Morgan fingerprint density at radius 1 is 1.73 bits per heavy atom. The quantitative estimate of drug-likeness (QED) is 0.603. The fourth-order valence-electron chi connectivity index (χ4n) is 0.674. The van der Waals surface area contributed by atoms with Crippen LogP contribution in [0.2, 0.25) is 0 Å². The van der Waals surface area contributed by atoms with Crippen LogP contribution in [0.1, 0.15) is 11.6 Å². The first-order valence-electron chi connectivity index (χ1n) is 2.93. The van der Waals surface area contributed by atoms with Gasteiger partial charge in [0.25, 0.3) is 0 Å². The number of carboxylic acid groups (broad SMARTS) is 1. The third-order valence-corrected chi connectivity index (χ3v) is 2.05. The Bertz CT molecular complexity index is 271. The van der Waals surface area contributed by atoms with Crippen molar-refractivity contribution < 1.29 is 9.90 Å². The number of hydrogen-bond donors (Lipinski definition) is 3. The van der Waals surface area contributed by atoms with E-state index in [0.29, 0.717) is 10.6 Å². The molecule has 0 fully saturated rings. The predicted octanol–water partition coefficient (Wildman–Crippen LogP) is 0.415. The van der Waals surface area contributed by atoms with Crippen LogP contribution in [0.4, 0.5) is 5.00 Å². The molecule has 1 atom stereocenters. The predicted molar refractivity (Wildman–Crippen MR) is 43.3 cm³/mol. The van der Waals surface area contributed by atoms with Gasteiger partial charge in [-0.15, -0.1) is 11.3 Å². The summed E-state index contributed by atoms with van der Waals surface area (Å²) in [5, 5.41) is 10.7. The molecular formula is C6H8N2O2S. The number of rotatable bonds is 2. The average molecular weight is 172 g/mol. The van der Waals surface area contributed by atoms with Gasteiger partial charge in [-0.25, -0.2) is 0 Å². The topological polar surface area (TPSA) is 89.3 Å². The SMILES string of the molecule is Nc1cc(C(N)C(=O)O)cs1. The summed E-state index contributed by atoms with van der Waals surface area (Å²) in [6.45, 7) is 0. The highest BCUT2D eigenvalue weighted by atomic mass is 32.1. The Morgan fingerprint density at radius 2 is 2.36 bits per heavy atom. The largest absolute Gasteiger partial charge is 0.480 e. The number of nitrogens with two attached hydrogens (primary N) is 2. The van der Waals surface area contributed by atoms with Gasteiger partial charge in [0, 0.05) is 0 Å². The Labute approximate surface area is 67.4 Å². The van der Waals surface area contributed by atoms with E-state index >= 15 is 0 Å². The summed E-state index contributed by atoms with van der Waals surface area (Å²) in [6, 6.07) is 0.618. The van der Waals surface area contributed by atoms with Crippen LogP contribution in [0.25, 0.3) is 0 Å². The van der Waals surface area contributed by atoms with Crippen molar-refractivity contribution in [2.75, 3.05) is 5.73 Å². The lowest BCUT2D eigenvalue weighted by Gasteiger charge is -2.00. The van der Waals surface area contributed by atoms with Crippen molar-refractivity contribution in [2.24, 2.45) is 5.73 Å². The highest BCUT2D eigenvalue weighted by Gasteiger charge is 2.14. The molecule has 0 bridgehead atoms. The fraction of sp³-hybridized carbons (Fsp3) is 0.167. The standard InChI is InChI=1S/C6H8N2O2S/c7-4-1-3(2-11-4)5(8)6(9)10/h1-2,5H,7-8H2,(H,9,10). The zero-order valence-corrected chi connectivity index (χ0v) is 6.47. The molecule has 1 heterocycles. The number of aliphatic carboxylic acids is 1. The summed E-state index contributed by atoms with van der Waals surface area (Å²) in [5.41, 5.74) is 11.2. The van der Waals surface area contributed by atoms with Crippen LogP contribution in [0.15, 0.2) is 11.4 Å². The maximum Gasteiger partial charge on any atom is 0.325 e. The molecule has 1 unspecified atom stereocenters. The van der Waals surface area contributed by atoms with Crippen molar-refractivity contribution in [1.82, 2.24) is 0 Å². The number of carbonyl (C=O) groups is 1. The normalized spacial score (nSPS) is 12.8. The number of hydrogen-bond acceptors (Lipinski definition) is 4. The molecule has 11 heavy (non-hydrogen) atoms. The summed E-state index contributed by atoms with van der Waals surface area (Å²) in [7, 11) is 0. The van der Waals surface area contributed by atoms with Gasteiger partial charge in [0.1, 0.15) is 6.04 Å². The molecule has 5 heteroatoms. The second-order valence-corrected chi connectivity index (χ2v) is 3.04. The van der Waals surface area contributed by atoms with E-state index in [0.717, 1.165) is 0 Å². The fourth-order valence-corrected chi connectivity index (χ4v) is 1.36. The van der Waals surface area contributed by atoms with Crippen LogP contribution < -0.4 is 11.5 Å². The second-order valence-electron chi connectivity index (χ2n) is 2.10. The van der Waals surface area contributed by atoms with Gasteiger partial charge in [-0.3, -0.25) is 4.79 Å². The molecule has 1 rings (SSSR count). The summed E-state index contributed by atoms with van der Waals surface area (Å²) in [5.74, 6) is -1.04. The molecule has 0 saturated carbocycles. The van der Waals surface area contributed by atoms with Gasteiger partial charge in [-0.2, -0.15) is 0 Å². The van der Waals surface area contributed by atoms with E-state index in [4.69, 9.17) is 16.6 Å². The van der Waals surface area contributed by atoms with Crippen LogP contribution in [0.5, 0.6) is 0 Å². The molecule has 0 saturated heterocycles. The van der Waals surface area contributed by atoms with Crippen molar-refractivity contribution in [2.45, 2.75) is 6.04 Å². The Balaban J connectivity index is 2.84. The molecule has 0 aliphatic heterocycles. The first-order valence-corrected chi connectivity index (χ1v) is 3.81. The second kappa shape index (κ2) is 2.89. The molecular weight excluding hydrogens is 164 g/mol. The van der Waals surface area contributed by atoms with Gasteiger partial charge in [0.15, 0.2) is 0 Å². The van der Waals surface area contributed by atoms with Gasteiger partial charge < -0.3 is 16.6 Å². The smallest absolute Gasteiger partial charge is 0.325 e. The lowest BCUT2D eigenvalue weighted by Crippen LogP contribution is -2.19. The van der Waals surface area contributed by atoms with Crippen LogP contribution in [0.3, 0.4) is 0 Å². The van der Waals surface area contributed by atoms with E-state index in [1.54, 1.807) is 11.4 Å². The van der Waals surface area contributed by atoms with Gasteiger partial charge in [-0.1, -0.05) is 0 Å². The van der Waals surface area contributed by atoms with Crippen molar-refractivity contribution >= 4 is 22.3 Å². The third-order valence-electron chi connectivity index (χ3n) is 1.27. The van der Waals surface area contributed by atoms with E-state index in [9.17, 15) is 4.79 Å². The molecule has 0 radical (unpaired) electrons. The molecule has 0 amide bonds. The Hall–Kier alpha value is -1.07. The molecule has 1 aromatic rings. The average Bonchev–Trinajstić information content (AvgIpc) is 2.34. The van der Waals surface area contributed by atoms with Crippen molar-refractivity contribution in [1.29, 1.82) is 0 Å². The van der Waals surface area contributed by atoms with Crippen LogP contribution >= 0.6 is 11.3 Å². The maximum absolute atomic E-state index is 10.3. The van der Waals surface area contributed by atoms with Gasteiger partial charge in [0.2, 0.25) is 0 Å².